The largest absolute Gasteiger partial charge is 0.478 e. The number of carboxylic acid groups (broad SMARTS) is 2. The second-order valence-corrected chi connectivity index (χ2v) is 12.8. The minimum absolute atomic E-state index is 0.209. The molecule has 8 nitrogen and oxygen atoms in total. The Morgan fingerprint density at radius 3 is 1.98 bits per heavy atom. The summed E-state index contributed by atoms with van der Waals surface area (Å²) in [5.74, 6) is -0.559. The number of imidazole rings is 2. The fourth-order valence-electron chi connectivity index (χ4n) is 5.34. The lowest BCUT2D eigenvalue weighted by atomic mass is 10.1. The number of para-hydroxylation sites is 1. The van der Waals surface area contributed by atoms with Crippen molar-refractivity contribution < 1.29 is 19.8 Å². The fourth-order valence-corrected chi connectivity index (χ4v) is 7.03. The molecule has 0 spiro atoms. The zero-order valence-corrected chi connectivity index (χ0v) is 26.5. The van der Waals surface area contributed by atoms with Crippen molar-refractivity contribution in [3.05, 3.63) is 131 Å². The molecule has 0 bridgehead atoms. The Bertz CT molecular complexity index is 2370. The zero-order chi connectivity index (χ0) is 32.5. The third kappa shape index (κ3) is 6.07. The van der Waals surface area contributed by atoms with Crippen LogP contribution < -0.4 is 0 Å². The summed E-state index contributed by atoms with van der Waals surface area (Å²) in [6.45, 7) is 1.88. The number of rotatable bonds is 6. The molecule has 4 aromatic carbocycles. The predicted molar refractivity (Wildman–Crippen MR) is 188 cm³/mol. The molecular weight excluding hydrogens is 629 g/mol. The highest BCUT2D eigenvalue weighted by atomic mass is 32.1. The molecule has 0 aliphatic rings. The van der Waals surface area contributed by atoms with Gasteiger partial charge in [0.05, 0.1) is 27.0 Å². The lowest BCUT2D eigenvalue weighted by molar-refractivity contribution is 0.0688. The van der Waals surface area contributed by atoms with Crippen LogP contribution in [0.3, 0.4) is 0 Å². The average Bonchev–Trinajstić information content (AvgIpc) is 3.91. The van der Waals surface area contributed by atoms with E-state index in [9.17, 15) is 19.8 Å². The number of hydrogen-bond donors (Lipinski definition) is 4. The summed E-state index contributed by atoms with van der Waals surface area (Å²) in [6, 6.07) is 35.1. The van der Waals surface area contributed by atoms with Crippen molar-refractivity contribution in [2.45, 2.75) is 6.92 Å². The zero-order valence-electron chi connectivity index (χ0n) is 24.9. The van der Waals surface area contributed by atoms with Crippen molar-refractivity contribution in [2.75, 3.05) is 0 Å². The number of carboxylic acids is 2. The van der Waals surface area contributed by atoms with Crippen molar-refractivity contribution >= 4 is 56.7 Å². The highest BCUT2D eigenvalue weighted by Crippen LogP contribution is 2.34. The fraction of sp³-hybridized carbons (Fsp3) is 0.0270. The van der Waals surface area contributed by atoms with Gasteiger partial charge in [-0.2, -0.15) is 0 Å². The third-order valence-corrected chi connectivity index (χ3v) is 9.63. The number of benzene rings is 4. The molecule has 0 amide bonds. The van der Waals surface area contributed by atoms with Crippen LogP contribution in [0.15, 0.2) is 115 Å². The van der Waals surface area contributed by atoms with Gasteiger partial charge in [-0.25, -0.2) is 19.6 Å². The van der Waals surface area contributed by atoms with Crippen molar-refractivity contribution in [1.29, 1.82) is 0 Å². The first-order valence-corrected chi connectivity index (χ1v) is 16.3. The van der Waals surface area contributed by atoms with Crippen LogP contribution in [0.5, 0.6) is 0 Å². The predicted octanol–water partition coefficient (Wildman–Crippen LogP) is 9.62. The molecule has 0 unspecified atom stereocenters. The summed E-state index contributed by atoms with van der Waals surface area (Å²) in [6.07, 6.45) is 0. The van der Waals surface area contributed by atoms with E-state index in [-0.39, 0.29) is 11.1 Å². The van der Waals surface area contributed by atoms with Crippen LogP contribution in [-0.4, -0.2) is 42.1 Å². The molecule has 0 radical (unpaired) electrons. The standard InChI is InChI=1S/C19H14N2O2S.C18H12N2O2S/c1-11-9-13(19(22)23)17-14(10-11)20-18(21-17)16-8-7-15(24-16)12-5-3-2-4-6-12;21-18(22)13-3-1-4-14-16(13)20-17(19-14)12-8-6-11(7-9-12)15-5-2-10-23-15/h2-10H,1H3,(H,20,21)(H,22,23);1-10H,(H,19,20)(H,21,22). The number of fused-ring (bicyclic) bond motifs is 2. The highest BCUT2D eigenvalue weighted by Gasteiger charge is 2.16. The molecule has 0 saturated heterocycles. The van der Waals surface area contributed by atoms with Crippen LogP contribution in [0.2, 0.25) is 0 Å². The van der Waals surface area contributed by atoms with E-state index < -0.39 is 11.9 Å². The highest BCUT2D eigenvalue weighted by molar-refractivity contribution is 7.18. The minimum atomic E-state index is -0.971. The maximum absolute atomic E-state index is 11.5. The van der Waals surface area contributed by atoms with E-state index in [1.807, 2.05) is 73.7 Å². The molecular formula is C37H26N4O4S2. The Hall–Kier alpha value is -5.84. The van der Waals surface area contributed by atoms with E-state index in [1.165, 1.54) is 4.88 Å². The molecule has 0 atom stereocenters. The van der Waals surface area contributed by atoms with Crippen LogP contribution in [-0.2, 0) is 0 Å². The van der Waals surface area contributed by atoms with E-state index >= 15 is 0 Å². The monoisotopic (exact) mass is 654 g/mol. The van der Waals surface area contributed by atoms with Crippen LogP contribution in [0, 0.1) is 6.92 Å². The Morgan fingerprint density at radius 1 is 0.596 bits per heavy atom. The van der Waals surface area contributed by atoms with Gasteiger partial charge in [0, 0.05) is 15.3 Å². The van der Waals surface area contributed by atoms with Crippen LogP contribution in [0.1, 0.15) is 26.3 Å². The summed E-state index contributed by atoms with van der Waals surface area (Å²) in [4.78, 5) is 41.5. The first kappa shape index (κ1) is 29.8. The van der Waals surface area contributed by atoms with Crippen molar-refractivity contribution in [3.63, 3.8) is 0 Å². The van der Waals surface area contributed by atoms with Crippen molar-refractivity contribution in [3.8, 4) is 43.0 Å². The van der Waals surface area contributed by atoms with E-state index in [0.29, 0.717) is 22.7 Å². The van der Waals surface area contributed by atoms with Crippen LogP contribution in [0.4, 0.5) is 0 Å². The quantitative estimate of drug-likeness (QED) is 0.141. The van der Waals surface area contributed by atoms with Crippen molar-refractivity contribution in [2.24, 2.45) is 0 Å². The maximum Gasteiger partial charge on any atom is 0.337 e. The lowest BCUT2D eigenvalue weighted by Gasteiger charge is -2.00. The molecule has 230 valence electrons. The summed E-state index contributed by atoms with van der Waals surface area (Å²) < 4.78 is 0. The van der Waals surface area contributed by atoms with Crippen LogP contribution in [0.25, 0.3) is 65.0 Å². The second-order valence-electron chi connectivity index (χ2n) is 10.8. The lowest BCUT2D eigenvalue weighted by Crippen LogP contribution is -1.98. The Labute approximate surface area is 276 Å². The molecule has 0 aliphatic heterocycles. The number of aromatic carboxylic acids is 2. The third-order valence-electron chi connectivity index (χ3n) is 7.57. The van der Waals surface area contributed by atoms with E-state index in [2.05, 4.69) is 49.6 Å². The van der Waals surface area contributed by atoms with Gasteiger partial charge >= 0.3 is 11.9 Å². The summed E-state index contributed by atoms with van der Waals surface area (Å²) in [5, 5.41) is 20.7. The number of aryl methyl sites for hydroxylation is 1. The first-order chi connectivity index (χ1) is 22.8. The smallest absolute Gasteiger partial charge is 0.337 e. The van der Waals surface area contributed by atoms with Gasteiger partial charge in [0.2, 0.25) is 0 Å². The average molecular weight is 655 g/mol. The molecule has 8 aromatic rings. The molecule has 47 heavy (non-hydrogen) atoms. The topological polar surface area (TPSA) is 132 Å². The van der Waals surface area contributed by atoms with Gasteiger partial charge in [0.1, 0.15) is 22.7 Å². The molecule has 0 fully saturated rings. The molecule has 4 N–H and O–H groups in total. The number of H-pyrrole nitrogens is 2. The number of aromatic nitrogens is 4. The number of nitrogens with one attached hydrogen (secondary N) is 2. The normalized spacial score (nSPS) is 11.0. The Balaban J connectivity index is 0.000000150. The first-order valence-electron chi connectivity index (χ1n) is 14.6. The van der Waals surface area contributed by atoms with Gasteiger partial charge in [-0.3, -0.25) is 0 Å². The summed E-state index contributed by atoms with van der Waals surface area (Å²) in [7, 11) is 0. The van der Waals surface area contributed by atoms with Gasteiger partial charge in [-0.1, -0.05) is 66.7 Å². The summed E-state index contributed by atoms with van der Waals surface area (Å²) >= 11 is 3.33. The van der Waals surface area contributed by atoms with E-state index in [1.54, 1.807) is 40.9 Å². The van der Waals surface area contributed by atoms with Crippen LogP contribution >= 0.6 is 22.7 Å². The van der Waals surface area contributed by atoms with Gasteiger partial charge in [-0.15, -0.1) is 22.7 Å². The molecule has 8 rings (SSSR count). The maximum atomic E-state index is 11.5. The Kier molecular flexibility index (Phi) is 7.95. The number of nitrogens with zero attached hydrogens (tertiary/aromatic N) is 2. The SMILES string of the molecule is Cc1cc(C(=O)O)c2nc(-c3ccc(-c4ccccc4)s3)[nH]c2c1.O=C(O)c1cccc2[nH]c(-c3ccc(-c4cccs4)cc3)nc12. The molecule has 0 aliphatic carbocycles. The molecule has 10 heteroatoms. The van der Waals surface area contributed by atoms with Crippen molar-refractivity contribution in [1.82, 2.24) is 19.9 Å². The summed E-state index contributed by atoms with van der Waals surface area (Å²) in [5.41, 5.74) is 7.03. The minimum Gasteiger partial charge on any atom is -0.478 e. The molecule has 4 aromatic heterocycles. The molecule has 0 saturated carbocycles. The van der Waals surface area contributed by atoms with E-state index in [4.69, 9.17) is 0 Å². The number of carbonyl (C=O) groups is 2. The van der Waals surface area contributed by atoms with E-state index in [0.717, 1.165) is 43.0 Å². The van der Waals surface area contributed by atoms with Gasteiger partial charge in [-0.05, 0) is 71.5 Å². The number of thiophene rings is 2. The van der Waals surface area contributed by atoms with Gasteiger partial charge in [0.25, 0.3) is 0 Å². The number of hydrogen-bond acceptors (Lipinski definition) is 6. The van der Waals surface area contributed by atoms with Gasteiger partial charge in [0.15, 0.2) is 0 Å². The number of aromatic amines is 2. The molecule has 4 heterocycles. The van der Waals surface area contributed by atoms with Gasteiger partial charge < -0.3 is 20.2 Å². The second kappa shape index (κ2) is 12.5. The Morgan fingerprint density at radius 2 is 1.26 bits per heavy atom.